The van der Waals surface area contributed by atoms with Crippen molar-refractivity contribution in [3.63, 3.8) is 0 Å². The minimum absolute atomic E-state index is 0.0490. The molecule has 3 aromatic rings. The molecule has 0 saturated carbocycles. The molecule has 0 unspecified atom stereocenters. The van der Waals surface area contributed by atoms with Crippen molar-refractivity contribution in [1.29, 1.82) is 0 Å². The van der Waals surface area contributed by atoms with Gasteiger partial charge in [0.15, 0.2) is 0 Å². The van der Waals surface area contributed by atoms with Crippen molar-refractivity contribution < 1.29 is 4.79 Å². The fraction of sp³-hybridized carbons (Fsp3) is 0.211. The molecule has 1 aromatic heterocycles. The number of benzene rings is 2. The Morgan fingerprint density at radius 3 is 2.62 bits per heavy atom. The molecule has 122 valence electrons. The number of nitrogens with one attached hydrogen (secondary N) is 1. The first-order valence-corrected chi connectivity index (χ1v) is 8.85. The molecule has 0 saturated heterocycles. The molecule has 1 amide bonds. The second kappa shape index (κ2) is 7.45. The largest absolute Gasteiger partial charge is 0.325 e. The minimum Gasteiger partial charge on any atom is -0.325 e. The fourth-order valence-electron chi connectivity index (χ4n) is 2.39. The molecule has 1 heterocycles. The standard InChI is InChI=1S/C19H19N3OS/c1-13(2)14-7-9-16(10-8-14)21-18(23)12-24-19-17-6-4-3-5-15(17)11-20-22-19/h3-11,13H,12H2,1-2H3,(H,21,23). The highest BCUT2D eigenvalue weighted by Gasteiger charge is 2.08. The lowest BCUT2D eigenvalue weighted by Gasteiger charge is -2.08. The van der Waals surface area contributed by atoms with Crippen LogP contribution in [0.2, 0.25) is 0 Å². The van der Waals surface area contributed by atoms with Crippen molar-refractivity contribution in [1.82, 2.24) is 10.2 Å². The van der Waals surface area contributed by atoms with E-state index >= 15 is 0 Å². The molecule has 5 heteroatoms. The molecule has 0 radical (unpaired) electrons. The number of fused-ring (bicyclic) bond motifs is 1. The van der Waals surface area contributed by atoms with Crippen LogP contribution in [-0.2, 0) is 4.79 Å². The molecule has 3 rings (SSSR count). The maximum Gasteiger partial charge on any atom is 0.234 e. The topological polar surface area (TPSA) is 54.9 Å². The van der Waals surface area contributed by atoms with Crippen molar-refractivity contribution in [3.8, 4) is 0 Å². The Morgan fingerprint density at radius 1 is 1.12 bits per heavy atom. The lowest BCUT2D eigenvalue weighted by molar-refractivity contribution is -0.113. The minimum atomic E-state index is -0.0490. The molecule has 0 atom stereocenters. The van der Waals surface area contributed by atoms with Crippen LogP contribution >= 0.6 is 11.8 Å². The Balaban J connectivity index is 1.63. The number of carbonyl (C=O) groups is 1. The third-order valence-electron chi connectivity index (χ3n) is 3.74. The quantitative estimate of drug-likeness (QED) is 0.697. The summed E-state index contributed by atoms with van der Waals surface area (Å²) < 4.78 is 0. The zero-order chi connectivity index (χ0) is 16.9. The fourth-order valence-corrected chi connectivity index (χ4v) is 3.18. The highest BCUT2D eigenvalue weighted by molar-refractivity contribution is 8.00. The smallest absolute Gasteiger partial charge is 0.234 e. The molecule has 4 nitrogen and oxygen atoms in total. The van der Waals surface area contributed by atoms with Gasteiger partial charge in [0, 0.05) is 16.5 Å². The number of thioether (sulfide) groups is 1. The first-order valence-electron chi connectivity index (χ1n) is 7.86. The average molecular weight is 337 g/mol. The van der Waals surface area contributed by atoms with Gasteiger partial charge in [0.25, 0.3) is 0 Å². The molecular weight excluding hydrogens is 318 g/mol. The number of nitrogens with zero attached hydrogens (tertiary/aromatic N) is 2. The molecule has 0 bridgehead atoms. The summed E-state index contributed by atoms with van der Waals surface area (Å²) in [5.41, 5.74) is 2.07. The maximum atomic E-state index is 12.2. The van der Waals surface area contributed by atoms with Gasteiger partial charge in [-0.05, 0) is 23.6 Å². The Morgan fingerprint density at radius 2 is 1.88 bits per heavy atom. The van der Waals surface area contributed by atoms with Crippen LogP contribution in [0.1, 0.15) is 25.3 Å². The summed E-state index contributed by atoms with van der Waals surface area (Å²) in [6, 6.07) is 15.9. The molecule has 2 aromatic carbocycles. The zero-order valence-electron chi connectivity index (χ0n) is 13.7. The van der Waals surface area contributed by atoms with E-state index in [2.05, 4.69) is 29.4 Å². The predicted octanol–water partition coefficient (Wildman–Crippen LogP) is 4.48. The Kier molecular flexibility index (Phi) is 5.11. The normalized spacial score (nSPS) is 11.0. The van der Waals surface area contributed by atoms with Crippen molar-refractivity contribution in [3.05, 3.63) is 60.3 Å². The molecule has 0 aliphatic heterocycles. The van der Waals surface area contributed by atoms with Crippen LogP contribution in [0.4, 0.5) is 5.69 Å². The first kappa shape index (κ1) is 16.5. The van der Waals surface area contributed by atoms with Crippen LogP contribution < -0.4 is 5.32 Å². The van der Waals surface area contributed by atoms with Gasteiger partial charge in [0.2, 0.25) is 5.91 Å². The molecule has 0 aliphatic carbocycles. The van der Waals surface area contributed by atoms with E-state index in [0.717, 1.165) is 21.5 Å². The van der Waals surface area contributed by atoms with E-state index in [1.165, 1.54) is 17.3 Å². The van der Waals surface area contributed by atoms with Crippen molar-refractivity contribution in [2.45, 2.75) is 24.8 Å². The van der Waals surface area contributed by atoms with Gasteiger partial charge < -0.3 is 5.32 Å². The lowest BCUT2D eigenvalue weighted by Crippen LogP contribution is -2.14. The second-order valence-corrected chi connectivity index (χ2v) is 6.81. The number of anilines is 1. The van der Waals surface area contributed by atoms with Crippen LogP contribution in [0.15, 0.2) is 59.8 Å². The van der Waals surface area contributed by atoms with Crippen molar-refractivity contribution in [2.24, 2.45) is 0 Å². The van der Waals surface area contributed by atoms with Gasteiger partial charge in [-0.1, -0.05) is 62.0 Å². The first-order chi connectivity index (χ1) is 11.6. The van der Waals surface area contributed by atoms with Crippen LogP contribution in [0, 0.1) is 0 Å². The average Bonchev–Trinajstić information content (AvgIpc) is 2.60. The van der Waals surface area contributed by atoms with Crippen LogP contribution in [0.5, 0.6) is 0 Å². The van der Waals surface area contributed by atoms with Gasteiger partial charge in [-0.3, -0.25) is 4.79 Å². The molecule has 0 aliphatic rings. The van der Waals surface area contributed by atoms with Crippen LogP contribution in [0.3, 0.4) is 0 Å². The van der Waals surface area contributed by atoms with Crippen molar-refractivity contribution >= 4 is 34.1 Å². The molecule has 1 N–H and O–H groups in total. The number of aromatic nitrogens is 2. The third-order valence-corrected chi connectivity index (χ3v) is 4.72. The number of amides is 1. The van der Waals surface area contributed by atoms with E-state index < -0.39 is 0 Å². The zero-order valence-corrected chi connectivity index (χ0v) is 14.5. The summed E-state index contributed by atoms with van der Waals surface area (Å²) in [6.07, 6.45) is 1.73. The molecule has 24 heavy (non-hydrogen) atoms. The molecular formula is C19H19N3OS. The highest BCUT2D eigenvalue weighted by atomic mass is 32.2. The Bertz CT molecular complexity index is 841. The number of hydrogen-bond donors (Lipinski definition) is 1. The van der Waals surface area contributed by atoms with Gasteiger partial charge in [-0.25, -0.2) is 0 Å². The van der Waals surface area contributed by atoms with Crippen LogP contribution in [0.25, 0.3) is 10.8 Å². The summed E-state index contributed by atoms with van der Waals surface area (Å²) in [5.74, 6) is 0.733. The Labute approximate surface area is 145 Å². The summed E-state index contributed by atoms with van der Waals surface area (Å²) in [6.45, 7) is 4.30. The second-order valence-electron chi connectivity index (χ2n) is 5.85. The van der Waals surface area contributed by atoms with Gasteiger partial charge in [0.05, 0.1) is 11.9 Å². The van der Waals surface area contributed by atoms with Gasteiger partial charge in [-0.15, -0.1) is 5.10 Å². The number of carbonyl (C=O) groups excluding carboxylic acids is 1. The van der Waals surface area contributed by atoms with E-state index in [0.29, 0.717) is 11.7 Å². The van der Waals surface area contributed by atoms with E-state index in [-0.39, 0.29) is 5.91 Å². The number of rotatable bonds is 5. The molecule has 0 spiro atoms. The summed E-state index contributed by atoms with van der Waals surface area (Å²) in [7, 11) is 0. The monoisotopic (exact) mass is 337 g/mol. The molecule has 0 fully saturated rings. The van der Waals surface area contributed by atoms with E-state index in [1.54, 1.807) is 6.20 Å². The van der Waals surface area contributed by atoms with E-state index in [1.807, 2.05) is 48.5 Å². The van der Waals surface area contributed by atoms with Gasteiger partial charge in [0.1, 0.15) is 5.03 Å². The highest BCUT2D eigenvalue weighted by Crippen LogP contribution is 2.24. The lowest BCUT2D eigenvalue weighted by atomic mass is 10.0. The van der Waals surface area contributed by atoms with Gasteiger partial charge in [-0.2, -0.15) is 5.10 Å². The third kappa shape index (κ3) is 3.92. The Hall–Kier alpha value is -2.40. The van der Waals surface area contributed by atoms with Crippen LogP contribution in [-0.4, -0.2) is 21.9 Å². The summed E-state index contributed by atoms with van der Waals surface area (Å²) in [5, 5.41) is 13.9. The maximum absolute atomic E-state index is 12.2. The number of hydrogen-bond acceptors (Lipinski definition) is 4. The van der Waals surface area contributed by atoms with Gasteiger partial charge >= 0.3 is 0 Å². The summed E-state index contributed by atoms with van der Waals surface area (Å²) >= 11 is 1.40. The van der Waals surface area contributed by atoms with E-state index in [4.69, 9.17) is 0 Å². The predicted molar refractivity (Wildman–Crippen MR) is 99.4 cm³/mol. The summed E-state index contributed by atoms with van der Waals surface area (Å²) in [4.78, 5) is 12.2. The van der Waals surface area contributed by atoms with Crippen molar-refractivity contribution in [2.75, 3.05) is 11.1 Å². The van der Waals surface area contributed by atoms with E-state index in [9.17, 15) is 4.79 Å². The SMILES string of the molecule is CC(C)c1ccc(NC(=O)CSc2nncc3ccccc23)cc1.